The first-order valence-electron chi connectivity index (χ1n) is 5.18. The minimum absolute atomic E-state index is 0.0797. The van der Waals surface area contributed by atoms with E-state index in [4.69, 9.17) is 10.5 Å². The molecule has 1 heterocycles. The van der Waals surface area contributed by atoms with Gasteiger partial charge in [0.25, 0.3) is 5.91 Å². The smallest absolute Gasteiger partial charge is 0.256 e. The summed E-state index contributed by atoms with van der Waals surface area (Å²) in [5.41, 5.74) is 6.02. The summed E-state index contributed by atoms with van der Waals surface area (Å²) in [6, 6.07) is 3.45. The second-order valence-corrected chi connectivity index (χ2v) is 3.58. The third-order valence-electron chi connectivity index (χ3n) is 2.09. The lowest BCUT2D eigenvalue weighted by Gasteiger charge is -2.09. The van der Waals surface area contributed by atoms with Gasteiger partial charge in [0.2, 0.25) is 5.88 Å². The zero-order valence-corrected chi connectivity index (χ0v) is 9.56. The number of aromatic nitrogens is 1. The Bertz CT molecular complexity index is 353. The van der Waals surface area contributed by atoms with Gasteiger partial charge in [-0.05, 0) is 25.5 Å². The Morgan fingerprint density at radius 1 is 1.69 bits per heavy atom. The normalized spacial score (nSPS) is 11.9. The summed E-state index contributed by atoms with van der Waals surface area (Å²) < 4.78 is 5.00. The summed E-state index contributed by atoms with van der Waals surface area (Å²) in [6.07, 6.45) is 2.33. The second kappa shape index (κ2) is 6.07. The second-order valence-electron chi connectivity index (χ2n) is 3.58. The monoisotopic (exact) mass is 223 g/mol. The quantitative estimate of drug-likeness (QED) is 0.764. The van der Waals surface area contributed by atoms with E-state index in [9.17, 15) is 4.79 Å². The predicted octanol–water partition coefficient (Wildman–Crippen LogP) is 0.557. The molecule has 0 radical (unpaired) electrons. The first kappa shape index (κ1) is 12.4. The Hall–Kier alpha value is -1.62. The van der Waals surface area contributed by atoms with Crippen molar-refractivity contribution in [3.8, 4) is 5.88 Å². The summed E-state index contributed by atoms with van der Waals surface area (Å²) in [4.78, 5) is 15.7. The summed E-state index contributed by atoms with van der Waals surface area (Å²) in [6.45, 7) is 2.45. The molecule has 1 unspecified atom stereocenters. The minimum atomic E-state index is -0.189. The van der Waals surface area contributed by atoms with Crippen molar-refractivity contribution >= 4 is 5.91 Å². The molecule has 88 valence electrons. The maximum atomic E-state index is 11.7. The van der Waals surface area contributed by atoms with Gasteiger partial charge in [-0.15, -0.1) is 0 Å². The Kier molecular flexibility index (Phi) is 4.72. The van der Waals surface area contributed by atoms with E-state index in [1.165, 1.54) is 7.11 Å². The fourth-order valence-corrected chi connectivity index (χ4v) is 1.23. The maximum Gasteiger partial charge on any atom is 0.256 e. The largest absolute Gasteiger partial charge is 0.480 e. The summed E-state index contributed by atoms with van der Waals surface area (Å²) >= 11 is 0. The number of carbonyl (C=O) groups is 1. The summed E-state index contributed by atoms with van der Waals surface area (Å²) in [7, 11) is 1.49. The molecular weight excluding hydrogens is 206 g/mol. The van der Waals surface area contributed by atoms with Gasteiger partial charge in [-0.2, -0.15) is 0 Å². The SMILES string of the molecule is COc1ncccc1C(=O)NCCC(C)N. The molecule has 5 heteroatoms. The van der Waals surface area contributed by atoms with Gasteiger partial charge in [0.1, 0.15) is 5.56 Å². The number of rotatable bonds is 5. The molecule has 3 N–H and O–H groups in total. The molecule has 0 fully saturated rings. The molecule has 1 rings (SSSR count). The third-order valence-corrected chi connectivity index (χ3v) is 2.09. The van der Waals surface area contributed by atoms with Crippen LogP contribution in [-0.4, -0.2) is 30.6 Å². The number of pyridine rings is 1. The van der Waals surface area contributed by atoms with E-state index in [-0.39, 0.29) is 11.9 Å². The predicted molar refractivity (Wildman–Crippen MR) is 61.4 cm³/mol. The van der Waals surface area contributed by atoms with Crippen LogP contribution in [0.2, 0.25) is 0 Å². The van der Waals surface area contributed by atoms with Crippen LogP contribution in [0.25, 0.3) is 0 Å². The van der Waals surface area contributed by atoms with E-state index >= 15 is 0 Å². The van der Waals surface area contributed by atoms with Crippen molar-refractivity contribution in [3.05, 3.63) is 23.9 Å². The average molecular weight is 223 g/mol. The lowest BCUT2D eigenvalue weighted by atomic mass is 10.2. The third kappa shape index (κ3) is 3.51. The molecule has 0 aliphatic carbocycles. The van der Waals surface area contributed by atoms with Crippen molar-refractivity contribution in [2.24, 2.45) is 5.73 Å². The van der Waals surface area contributed by atoms with Crippen molar-refractivity contribution in [2.45, 2.75) is 19.4 Å². The van der Waals surface area contributed by atoms with Crippen LogP contribution in [0.1, 0.15) is 23.7 Å². The van der Waals surface area contributed by atoms with Crippen molar-refractivity contribution < 1.29 is 9.53 Å². The topological polar surface area (TPSA) is 77.2 Å². The Morgan fingerprint density at radius 3 is 3.06 bits per heavy atom. The van der Waals surface area contributed by atoms with E-state index in [0.29, 0.717) is 18.0 Å². The van der Waals surface area contributed by atoms with Gasteiger partial charge in [-0.3, -0.25) is 4.79 Å². The molecule has 16 heavy (non-hydrogen) atoms. The maximum absolute atomic E-state index is 11.7. The Labute approximate surface area is 95.0 Å². The highest BCUT2D eigenvalue weighted by Gasteiger charge is 2.11. The standard InChI is InChI=1S/C11H17N3O2/c1-8(12)5-7-13-10(15)9-4-3-6-14-11(9)16-2/h3-4,6,8H,5,7,12H2,1-2H3,(H,13,15). The van der Waals surface area contributed by atoms with Crippen molar-refractivity contribution in [1.82, 2.24) is 10.3 Å². The van der Waals surface area contributed by atoms with Crippen LogP contribution < -0.4 is 15.8 Å². The number of hydrogen-bond acceptors (Lipinski definition) is 4. The molecule has 1 atom stereocenters. The van der Waals surface area contributed by atoms with E-state index in [1.807, 2.05) is 6.92 Å². The molecular formula is C11H17N3O2. The number of amides is 1. The number of nitrogens with zero attached hydrogens (tertiary/aromatic N) is 1. The summed E-state index contributed by atoms with van der Waals surface area (Å²) in [5.74, 6) is 0.145. The van der Waals surface area contributed by atoms with Crippen LogP contribution in [0, 0.1) is 0 Å². The minimum Gasteiger partial charge on any atom is -0.480 e. The lowest BCUT2D eigenvalue weighted by molar-refractivity contribution is 0.0949. The van der Waals surface area contributed by atoms with E-state index < -0.39 is 0 Å². The first-order chi connectivity index (χ1) is 7.65. The molecule has 0 spiro atoms. The Morgan fingerprint density at radius 2 is 2.44 bits per heavy atom. The molecule has 0 saturated heterocycles. The number of nitrogens with two attached hydrogens (primary N) is 1. The van der Waals surface area contributed by atoms with Crippen LogP contribution in [0.5, 0.6) is 5.88 Å². The van der Waals surface area contributed by atoms with E-state index in [2.05, 4.69) is 10.3 Å². The van der Waals surface area contributed by atoms with Gasteiger partial charge in [0, 0.05) is 18.8 Å². The number of methoxy groups -OCH3 is 1. The lowest BCUT2D eigenvalue weighted by Crippen LogP contribution is -2.29. The highest BCUT2D eigenvalue weighted by Crippen LogP contribution is 2.12. The van der Waals surface area contributed by atoms with Gasteiger partial charge in [0.15, 0.2) is 0 Å². The molecule has 0 aliphatic rings. The average Bonchev–Trinajstić information content (AvgIpc) is 2.28. The number of nitrogens with one attached hydrogen (secondary N) is 1. The van der Waals surface area contributed by atoms with Crippen LogP contribution in [0.3, 0.4) is 0 Å². The zero-order chi connectivity index (χ0) is 12.0. The Balaban J connectivity index is 2.59. The zero-order valence-electron chi connectivity index (χ0n) is 9.56. The van der Waals surface area contributed by atoms with Crippen LogP contribution in [0.4, 0.5) is 0 Å². The van der Waals surface area contributed by atoms with Gasteiger partial charge in [-0.1, -0.05) is 0 Å². The van der Waals surface area contributed by atoms with Gasteiger partial charge >= 0.3 is 0 Å². The molecule has 0 saturated carbocycles. The van der Waals surface area contributed by atoms with Crippen molar-refractivity contribution in [2.75, 3.05) is 13.7 Å². The van der Waals surface area contributed by atoms with E-state index in [1.54, 1.807) is 18.3 Å². The molecule has 5 nitrogen and oxygen atoms in total. The van der Waals surface area contributed by atoms with Crippen LogP contribution in [-0.2, 0) is 0 Å². The number of carbonyl (C=O) groups excluding carboxylic acids is 1. The molecule has 1 aromatic rings. The fraction of sp³-hybridized carbons (Fsp3) is 0.455. The highest BCUT2D eigenvalue weighted by molar-refractivity contribution is 5.96. The van der Waals surface area contributed by atoms with E-state index in [0.717, 1.165) is 6.42 Å². The summed E-state index contributed by atoms with van der Waals surface area (Å²) in [5, 5.41) is 2.77. The van der Waals surface area contributed by atoms with Gasteiger partial charge in [0.05, 0.1) is 7.11 Å². The van der Waals surface area contributed by atoms with Gasteiger partial charge in [-0.25, -0.2) is 4.98 Å². The fourth-order valence-electron chi connectivity index (χ4n) is 1.23. The van der Waals surface area contributed by atoms with Crippen LogP contribution in [0.15, 0.2) is 18.3 Å². The van der Waals surface area contributed by atoms with Crippen molar-refractivity contribution in [3.63, 3.8) is 0 Å². The van der Waals surface area contributed by atoms with Crippen molar-refractivity contribution in [1.29, 1.82) is 0 Å². The molecule has 1 amide bonds. The molecule has 0 aliphatic heterocycles. The van der Waals surface area contributed by atoms with Crippen LogP contribution >= 0.6 is 0 Å². The molecule has 1 aromatic heterocycles. The molecule has 0 aromatic carbocycles. The first-order valence-corrected chi connectivity index (χ1v) is 5.18. The molecule has 0 bridgehead atoms. The highest BCUT2D eigenvalue weighted by atomic mass is 16.5. The number of ether oxygens (including phenoxy) is 1. The van der Waals surface area contributed by atoms with Gasteiger partial charge < -0.3 is 15.8 Å². The number of hydrogen-bond donors (Lipinski definition) is 2.